The van der Waals surface area contributed by atoms with Crippen LogP contribution in [0.5, 0.6) is 0 Å². The van der Waals surface area contributed by atoms with Gasteiger partial charge in [0, 0.05) is 18.5 Å². The number of carbonyl (C=O) groups excluding carboxylic acids is 1. The molecule has 0 bridgehead atoms. The summed E-state index contributed by atoms with van der Waals surface area (Å²) in [6.07, 6.45) is 3.15. The van der Waals surface area contributed by atoms with Crippen molar-refractivity contribution in [1.82, 2.24) is 20.0 Å². The van der Waals surface area contributed by atoms with Crippen molar-refractivity contribution in [1.29, 1.82) is 0 Å². The highest BCUT2D eigenvalue weighted by molar-refractivity contribution is 6.04. The molecule has 1 aromatic heterocycles. The van der Waals surface area contributed by atoms with Crippen molar-refractivity contribution < 1.29 is 4.79 Å². The molecule has 156 valence electrons. The number of hydrogen-bond donors (Lipinski definition) is 1. The quantitative estimate of drug-likeness (QED) is 0.656. The Bertz CT molecular complexity index is 1070. The maximum Gasteiger partial charge on any atom is 0.274 e. The summed E-state index contributed by atoms with van der Waals surface area (Å²) in [6, 6.07) is 17.7. The summed E-state index contributed by atoms with van der Waals surface area (Å²) >= 11 is 0. The third-order valence-electron chi connectivity index (χ3n) is 5.74. The van der Waals surface area contributed by atoms with Crippen LogP contribution >= 0.6 is 0 Å². The number of carbonyl (C=O) groups is 1. The average molecular weight is 405 g/mol. The third-order valence-corrected chi connectivity index (χ3v) is 5.74. The Labute approximate surface area is 176 Å². The Morgan fingerprint density at radius 1 is 1.03 bits per heavy atom. The molecule has 0 radical (unpaired) electrons. The summed E-state index contributed by atoms with van der Waals surface area (Å²) in [5.41, 5.74) is 1.36. The van der Waals surface area contributed by atoms with E-state index in [9.17, 15) is 9.59 Å². The molecule has 3 aromatic rings. The van der Waals surface area contributed by atoms with Gasteiger partial charge in [-0.15, -0.1) is 0 Å². The number of rotatable bonds is 7. The zero-order chi connectivity index (χ0) is 20.9. The fraction of sp³-hybridized carbons (Fsp3) is 0.375. The highest BCUT2D eigenvalue weighted by atomic mass is 16.2. The lowest BCUT2D eigenvalue weighted by molar-refractivity contribution is 0.0932. The van der Waals surface area contributed by atoms with E-state index in [1.54, 1.807) is 12.1 Å². The Kier molecular flexibility index (Phi) is 6.23. The van der Waals surface area contributed by atoms with E-state index in [1.807, 2.05) is 37.3 Å². The highest BCUT2D eigenvalue weighted by Crippen LogP contribution is 2.24. The zero-order valence-electron chi connectivity index (χ0n) is 17.4. The van der Waals surface area contributed by atoms with E-state index >= 15 is 0 Å². The molecule has 6 heteroatoms. The average Bonchev–Trinajstić information content (AvgIpc) is 3.31. The van der Waals surface area contributed by atoms with Crippen molar-refractivity contribution >= 4 is 16.7 Å². The topological polar surface area (TPSA) is 67.2 Å². The van der Waals surface area contributed by atoms with Gasteiger partial charge in [-0.1, -0.05) is 55.5 Å². The summed E-state index contributed by atoms with van der Waals surface area (Å²) < 4.78 is 1.41. The molecule has 2 heterocycles. The molecule has 0 spiro atoms. The first kappa shape index (κ1) is 20.3. The van der Waals surface area contributed by atoms with Crippen molar-refractivity contribution in [2.45, 2.75) is 38.8 Å². The Balaban J connectivity index is 1.62. The van der Waals surface area contributed by atoms with E-state index in [0.29, 0.717) is 29.6 Å². The third kappa shape index (κ3) is 4.14. The lowest BCUT2D eigenvalue weighted by Gasteiger charge is -2.28. The summed E-state index contributed by atoms with van der Waals surface area (Å²) in [4.78, 5) is 28.3. The number of hydrogen-bond acceptors (Lipinski definition) is 4. The van der Waals surface area contributed by atoms with Gasteiger partial charge in [-0.3, -0.25) is 14.5 Å². The van der Waals surface area contributed by atoms with Crippen LogP contribution in [0.1, 0.15) is 48.3 Å². The van der Waals surface area contributed by atoms with Crippen molar-refractivity contribution in [3.05, 3.63) is 76.2 Å². The normalized spacial score (nSPS) is 15.4. The standard InChI is InChI=1S/C24H28N4O2/c1-2-14-28-24(30)20-13-7-6-12-19(20)22(26-28)23(29)25-17-21(27-15-8-9-16-27)18-10-4-3-5-11-18/h3-7,10-13,21H,2,8-9,14-17H2,1H3,(H,25,29)/t21-/m0/s1. The van der Waals surface area contributed by atoms with Crippen LogP contribution in [0.4, 0.5) is 0 Å². The predicted molar refractivity (Wildman–Crippen MR) is 119 cm³/mol. The molecule has 1 amide bonds. The molecule has 30 heavy (non-hydrogen) atoms. The first-order valence-electron chi connectivity index (χ1n) is 10.8. The second-order valence-electron chi connectivity index (χ2n) is 7.80. The molecule has 2 aromatic carbocycles. The molecule has 4 rings (SSSR count). The zero-order valence-corrected chi connectivity index (χ0v) is 17.4. The van der Waals surface area contributed by atoms with Gasteiger partial charge in [0.2, 0.25) is 0 Å². The number of fused-ring (bicyclic) bond motifs is 1. The first-order valence-corrected chi connectivity index (χ1v) is 10.8. The van der Waals surface area contributed by atoms with E-state index < -0.39 is 0 Å². The molecular weight excluding hydrogens is 376 g/mol. The van der Waals surface area contributed by atoms with Gasteiger partial charge in [0.25, 0.3) is 11.5 Å². The predicted octanol–water partition coefficient (Wildman–Crippen LogP) is 3.37. The van der Waals surface area contributed by atoms with Gasteiger partial charge in [-0.2, -0.15) is 5.10 Å². The second kappa shape index (κ2) is 9.22. The van der Waals surface area contributed by atoms with Crippen LogP contribution in [0, 0.1) is 0 Å². The summed E-state index contributed by atoms with van der Waals surface area (Å²) in [6.45, 7) is 5.07. The summed E-state index contributed by atoms with van der Waals surface area (Å²) in [5, 5.41) is 8.65. The number of nitrogens with zero attached hydrogens (tertiary/aromatic N) is 3. The van der Waals surface area contributed by atoms with Crippen LogP contribution in [0.2, 0.25) is 0 Å². The van der Waals surface area contributed by atoms with Crippen LogP contribution in [-0.2, 0) is 6.54 Å². The first-order chi connectivity index (χ1) is 14.7. The Hall–Kier alpha value is -2.99. The Morgan fingerprint density at radius 3 is 2.40 bits per heavy atom. The molecule has 1 aliphatic rings. The van der Waals surface area contributed by atoms with Gasteiger partial charge < -0.3 is 5.32 Å². The van der Waals surface area contributed by atoms with Gasteiger partial charge in [-0.25, -0.2) is 4.68 Å². The minimum Gasteiger partial charge on any atom is -0.349 e. The van der Waals surface area contributed by atoms with Gasteiger partial charge in [0.15, 0.2) is 5.69 Å². The lowest BCUT2D eigenvalue weighted by atomic mass is 10.1. The molecular formula is C24H28N4O2. The molecule has 0 aliphatic carbocycles. The van der Waals surface area contributed by atoms with E-state index in [-0.39, 0.29) is 17.5 Å². The van der Waals surface area contributed by atoms with Crippen LogP contribution in [0.15, 0.2) is 59.4 Å². The summed E-state index contributed by atoms with van der Waals surface area (Å²) in [7, 11) is 0. The molecule has 1 aliphatic heterocycles. The summed E-state index contributed by atoms with van der Waals surface area (Å²) in [5.74, 6) is -0.240. The number of likely N-dealkylation sites (tertiary alicyclic amines) is 1. The molecule has 1 N–H and O–H groups in total. The van der Waals surface area contributed by atoms with Gasteiger partial charge in [0.1, 0.15) is 0 Å². The van der Waals surface area contributed by atoms with E-state index in [4.69, 9.17) is 0 Å². The maximum atomic E-state index is 13.2. The monoisotopic (exact) mass is 404 g/mol. The highest BCUT2D eigenvalue weighted by Gasteiger charge is 2.25. The van der Waals surface area contributed by atoms with E-state index in [1.165, 1.54) is 23.1 Å². The number of nitrogens with one attached hydrogen (secondary N) is 1. The molecule has 0 saturated carbocycles. The number of aromatic nitrogens is 2. The molecule has 1 fully saturated rings. The van der Waals surface area contributed by atoms with Gasteiger partial charge in [-0.05, 0) is 44.0 Å². The smallest absolute Gasteiger partial charge is 0.274 e. The lowest BCUT2D eigenvalue weighted by Crippen LogP contribution is -2.38. The molecule has 0 unspecified atom stereocenters. The molecule has 6 nitrogen and oxygen atoms in total. The van der Waals surface area contributed by atoms with E-state index in [2.05, 4.69) is 27.4 Å². The van der Waals surface area contributed by atoms with Crippen LogP contribution < -0.4 is 10.9 Å². The van der Waals surface area contributed by atoms with E-state index in [0.717, 1.165) is 19.5 Å². The number of aryl methyl sites for hydroxylation is 1. The molecule has 1 atom stereocenters. The molecule has 1 saturated heterocycles. The fourth-order valence-electron chi connectivity index (χ4n) is 4.23. The van der Waals surface area contributed by atoms with Crippen LogP contribution in [0.25, 0.3) is 10.8 Å². The second-order valence-corrected chi connectivity index (χ2v) is 7.80. The minimum absolute atomic E-state index is 0.130. The van der Waals surface area contributed by atoms with Crippen molar-refractivity contribution in [2.75, 3.05) is 19.6 Å². The number of amides is 1. The van der Waals surface area contributed by atoms with Crippen molar-refractivity contribution in [2.24, 2.45) is 0 Å². The Morgan fingerprint density at radius 2 is 1.70 bits per heavy atom. The van der Waals surface area contributed by atoms with Crippen molar-refractivity contribution in [3.63, 3.8) is 0 Å². The number of benzene rings is 2. The van der Waals surface area contributed by atoms with Crippen molar-refractivity contribution in [3.8, 4) is 0 Å². The largest absolute Gasteiger partial charge is 0.349 e. The fourth-order valence-corrected chi connectivity index (χ4v) is 4.23. The maximum absolute atomic E-state index is 13.2. The van der Waals surface area contributed by atoms with Gasteiger partial charge >= 0.3 is 0 Å². The van der Waals surface area contributed by atoms with Gasteiger partial charge in [0.05, 0.1) is 11.4 Å². The minimum atomic E-state index is -0.240. The SMILES string of the molecule is CCCn1nc(C(=O)NC[C@@H](c2ccccc2)N2CCCC2)c2ccccc2c1=O. The van der Waals surface area contributed by atoms with Crippen LogP contribution in [0.3, 0.4) is 0 Å². The van der Waals surface area contributed by atoms with Crippen LogP contribution in [-0.4, -0.2) is 40.2 Å².